The van der Waals surface area contributed by atoms with Crippen LogP contribution in [-0.2, 0) is 55.3 Å². The standard InChI is InChI=1S/C41H49N7O5/c1-27(49)46-17-12-28(13-18-46)37(51)47-19-14-40(2,15-20-47)39(53)48(25-31-8-5-4-7-30(31)24-42-3)26-35(50)44-33-11-10-29-22-41(23-32(29)21-33)34-9-6-16-43-36(34)45-38(41)52/h4-11,16,21,28,42H,12-15,17-20,22-26H2,1-3H3,(H,44,50)(H,43,45,52)/t41-/m1/s1. The number of fused-ring (bicyclic) bond motifs is 3. The highest BCUT2D eigenvalue weighted by atomic mass is 16.2. The van der Waals surface area contributed by atoms with E-state index in [-0.39, 0.29) is 48.5 Å². The molecule has 4 heterocycles. The molecule has 2 aromatic carbocycles. The Morgan fingerprint density at radius 1 is 0.925 bits per heavy atom. The molecule has 3 N–H and O–H groups in total. The first-order chi connectivity index (χ1) is 25.5. The zero-order valence-corrected chi connectivity index (χ0v) is 30.9. The van der Waals surface area contributed by atoms with Crippen LogP contribution in [-0.4, -0.2) is 89.0 Å². The Balaban J connectivity index is 1.04. The molecule has 12 heteroatoms. The molecule has 5 amide bonds. The van der Waals surface area contributed by atoms with E-state index in [0.29, 0.717) is 82.8 Å². The van der Waals surface area contributed by atoms with E-state index in [2.05, 4.69) is 20.9 Å². The van der Waals surface area contributed by atoms with E-state index >= 15 is 0 Å². The first kappa shape index (κ1) is 36.3. The lowest BCUT2D eigenvalue weighted by molar-refractivity contribution is -0.150. The van der Waals surface area contributed by atoms with Crippen molar-refractivity contribution in [3.05, 3.63) is 88.6 Å². The highest BCUT2D eigenvalue weighted by molar-refractivity contribution is 6.06. The number of amides is 5. The zero-order valence-electron chi connectivity index (χ0n) is 30.9. The lowest BCUT2D eigenvalue weighted by Crippen LogP contribution is -2.52. The number of anilines is 2. The summed E-state index contributed by atoms with van der Waals surface area (Å²) in [6.07, 6.45) is 5.07. The predicted molar refractivity (Wildman–Crippen MR) is 201 cm³/mol. The quantitative estimate of drug-likeness (QED) is 0.307. The molecule has 0 radical (unpaired) electrons. The van der Waals surface area contributed by atoms with Crippen LogP contribution in [0.4, 0.5) is 11.5 Å². The molecule has 1 spiro atoms. The first-order valence-corrected chi connectivity index (χ1v) is 18.7. The van der Waals surface area contributed by atoms with Gasteiger partial charge in [-0.1, -0.05) is 43.3 Å². The number of nitrogens with one attached hydrogen (secondary N) is 3. The molecule has 0 saturated carbocycles. The number of pyridine rings is 1. The molecule has 2 saturated heterocycles. The highest BCUT2D eigenvalue weighted by Gasteiger charge is 2.51. The minimum Gasteiger partial charge on any atom is -0.343 e. The number of likely N-dealkylation sites (tertiary alicyclic amines) is 2. The van der Waals surface area contributed by atoms with Crippen LogP contribution in [0.15, 0.2) is 60.8 Å². The van der Waals surface area contributed by atoms with Gasteiger partial charge in [0.15, 0.2) is 0 Å². The van der Waals surface area contributed by atoms with Gasteiger partial charge in [-0.25, -0.2) is 4.98 Å². The Morgan fingerprint density at radius 2 is 1.64 bits per heavy atom. The van der Waals surface area contributed by atoms with Crippen molar-refractivity contribution in [2.24, 2.45) is 11.3 Å². The molecular weight excluding hydrogens is 670 g/mol. The summed E-state index contributed by atoms with van der Waals surface area (Å²) >= 11 is 0. The maximum Gasteiger partial charge on any atom is 0.244 e. The SMILES string of the molecule is CNCc1ccccc1CN(CC(=O)Nc1ccc2c(c1)C[C@@]1(C2)C(=O)Nc2ncccc21)C(=O)C1(C)CCN(C(=O)C2CCN(C(C)=O)CC2)CC1. The van der Waals surface area contributed by atoms with Crippen LogP contribution in [0.2, 0.25) is 0 Å². The number of benzene rings is 2. The summed E-state index contributed by atoms with van der Waals surface area (Å²) in [6.45, 7) is 6.41. The van der Waals surface area contributed by atoms with Crippen LogP contribution in [0.3, 0.4) is 0 Å². The highest BCUT2D eigenvalue weighted by Crippen LogP contribution is 2.47. The van der Waals surface area contributed by atoms with Crippen molar-refractivity contribution in [1.29, 1.82) is 0 Å². The van der Waals surface area contributed by atoms with E-state index in [1.807, 2.05) is 73.5 Å². The summed E-state index contributed by atoms with van der Waals surface area (Å²) in [5, 5.41) is 9.18. The van der Waals surface area contributed by atoms with Gasteiger partial charge in [0.25, 0.3) is 0 Å². The van der Waals surface area contributed by atoms with Crippen molar-refractivity contribution >= 4 is 41.0 Å². The molecule has 3 aromatic rings. The second kappa shape index (κ2) is 14.7. The molecule has 0 unspecified atom stereocenters. The molecule has 2 fully saturated rings. The Bertz CT molecular complexity index is 1930. The Hall–Kier alpha value is -5.10. The van der Waals surface area contributed by atoms with Gasteiger partial charge in [0.05, 0.1) is 5.41 Å². The number of hydrogen-bond donors (Lipinski definition) is 3. The lowest BCUT2D eigenvalue weighted by atomic mass is 9.78. The minimum atomic E-state index is -0.748. The summed E-state index contributed by atoms with van der Waals surface area (Å²) in [7, 11) is 1.88. The number of nitrogens with zero attached hydrogens (tertiary/aromatic N) is 4. The molecule has 12 nitrogen and oxygen atoms in total. The third-order valence-corrected chi connectivity index (χ3v) is 11.9. The van der Waals surface area contributed by atoms with Crippen molar-refractivity contribution in [3.63, 3.8) is 0 Å². The fraction of sp³-hybridized carbons (Fsp3) is 0.463. The van der Waals surface area contributed by atoms with Gasteiger partial charge < -0.3 is 30.7 Å². The monoisotopic (exact) mass is 719 g/mol. The molecule has 4 aliphatic rings. The maximum atomic E-state index is 14.5. The van der Waals surface area contributed by atoms with Crippen molar-refractivity contribution in [1.82, 2.24) is 25.0 Å². The van der Waals surface area contributed by atoms with Gasteiger partial charge in [-0.2, -0.15) is 0 Å². The van der Waals surface area contributed by atoms with Crippen LogP contribution in [0, 0.1) is 11.3 Å². The van der Waals surface area contributed by atoms with E-state index in [9.17, 15) is 24.0 Å². The van der Waals surface area contributed by atoms with Crippen LogP contribution in [0.1, 0.15) is 67.3 Å². The largest absolute Gasteiger partial charge is 0.343 e. The summed E-state index contributed by atoms with van der Waals surface area (Å²) in [4.78, 5) is 76.5. The van der Waals surface area contributed by atoms with Gasteiger partial charge >= 0.3 is 0 Å². The summed E-state index contributed by atoms with van der Waals surface area (Å²) in [5.41, 5.74) is 4.14. The van der Waals surface area contributed by atoms with E-state index < -0.39 is 10.8 Å². The lowest BCUT2D eigenvalue weighted by Gasteiger charge is -2.42. The molecule has 1 aliphatic carbocycles. The van der Waals surface area contributed by atoms with E-state index in [1.165, 1.54) is 0 Å². The van der Waals surface area contributed by atoms with Gasteiger partial charge in [0.2, 0.25) is 29.5 Å². The predicted octanol–water partition coefficient (Wildman–Crippen LogP) is 3.64. The van der Waals surface area contributed by atoms with E-state index in [1.54, 1.807) is 22.9 Å². The fourth-order valence-corrected chi connectivity index (χ4v) is 8.71. The van der Waals surface area contributed by atoms with Crippen molar-refractivity contribution < 1.29 is 24.0 Å². The van der Waals surface area contributed by atoms with Gasteiger partial charge in [-0.15, -0.1) is 0 Å². The molecule has 3 aliphatic heterocycles. The Morgan fingerprint density at radius 3 is 2.36 bits per heavy atom. The van der Waals surface area contributed by atoms with Gasteiger partial charge in [-0.3, -0.25) is 24.0 Å². The maximum absolute atomic E-state index is 14.5. The molecule has 53 heavy (non-hydrogen) atoms. The fourth-order valence-electron chi connectivity index (χ4n) is 8.71. The Kier molecular flexibility index (Phi) is 10.1. The van der Waals surface area contributed by atoms with Gasteiger partial charge in [-0.05, 0) is 86.0 Å². The summed E-state index contributed by atoms with van der Waals surface area (Å²) in [5.74, 6) is 0.177. The molecule has 0 bridgehead atoms. The van der Waals surface area contributed by atoms with Crippen molar-refractivity contribution in [3.8, 4) is 0 Å². The molecule has 1 aromatic heterocycles. The zero-order chi connectivity index (χ0) is 37.3. The van der Waals surface area contributed by atoms with Gasteiger partial charge in [0, 0.05) is 75.0 Å². The second-order valence-corrected chi connectivity index (χ2v) is 15.4. The number of rotatable bonds is 9. The normalized spacial score (nSPS) is 20.5. The number of carbonyl (C=O) groups is 5. The molecular formula is C41H49N7O5. The smallest absolute Gasteiger partial charge is 0.244 e. The molecule has 1 atom stereocenters. The number of piperidine rings is 2. The van der Waals surface area contributed by atoms with Crippen LogP contribution < -0.4 is 16.0 Å². The third-order valence-electron chi connectivity index (χ3n) is 11.9. The number of carbonyl (C=O) groups excluding carboxylic acids is 5. The molecule has 7 rings (SSSR count). The van der Waals surface area contributed by atoms with Crippen molar-refractivity contribution in [2.45, 2.75) is 70.9 Å². The average molecular weight is 720 g/mol. The van der Waals surface area contributed by atoms with Crippen LogP contribution in [0.25, 0.3) is 0 Å². The van der Waals surface area contributed by atoms with Crippen LogP contribution >= 0.6 is 0 Å². The van der Waals surface area contributed by atoms with E-state index in [4.69, 9.17) is 0 Å². The van der Waals surface area contributed by atoms with E-state index in [0.717, 1.165) is 27.8 Å². The third kappa shape index (κ3) is 7.16. The first-order valence-electron chi connectivity index (χ1n) is 18.7. The molecule has 278 valence electrons. The van der Waals surface area contributed by atoms with Crippen molar-refractivity contribution in [2.75, 3.05) is 50.4 Å². The number of aromatic nitrogens is 1. The summed E-state index contributed by atoms with van der Waals surface area (Å²) < 4.78 is 0. The number of hydrogen-bond acceptors (Lipinski definition) is 7. The van der Waals surface area contributed by atoms with Gasteiger partial charge in [0.1, 0.15) is 12.4 Å². The summed E-state index contributed by atoms with van der Waals surface area (Å²) in [6, 6.07) is 17.5. The Labute approximate surface area is 310 Å². The second-order valence-electron chi connectivity index (χ2n) is 15.4. The average Bonchev–Trinajstić information content (AvgIpc) is 3.67. The van der Waals surface area contributed by atoms with Crippen LogP contribution in [0.5, 0.6) is 0 Å². The minimum absolute atomic E-state index is 0.0411. The topological polar surface area (TPSA) is 144 Å².